The quantitative estimate of drug-likeness (QED) is 0.812. The minimum absolute atomic E-state index is 0.263. The number of rotatable bonds is 7. The molecule has 1 aromatic carbocycles. The highest BCUT2D eigenvalue weighted by atomic mass is 35.5. The molecule has 0 radical (unpaired) electrons. The van der Waals surface area contributed by atoms with Crippen LogP contribution in [0.2, 0.25) is 5.02 Å². The normalized spacial score (nSPS) is 20.2. The number of hydrogen-bond acceptors (Lipinski definition) is 4. The Hall–Kier alpha value is -0.810. The first-order valence-corrected chi connectivity index (χ1v) is 7.92. The van der Waals surface area contributed by atoms with Gasteiger partial charge in [-0.2, -0.15) is 0 Å². The molecule has 2 atom stereocenters. The van der Waals surface area contributed by atoms with Gasteiger partial charge in [-0.25, -0.2) is 0 Å². The van der Waals surface area contributed by atoms with Gasteiger partial charge in [0.1, 0.15) is 18.5 Å². The van der Waals surface area contributed by atoms with Gasteiger partial charge >= 0.3 is 0 Å². The largest absolute Gasteiger partial charge is 0.491 e. The smallest absolute Gasteiger partial charge is 0.119 e. The molecular weight excluding hydrogens is 290 g/mol. The van der Waals surface area contributed by atoms with Crippen LogP contribution in [0.3, 0.4) is 0 Å². The molecule has 0 saturated carbocycles. The van der Waals surface area contributed by atoms with Crippen molar-refractivity contribution in [2.45, 2.75) is 38.4 Å². The zero-order valence-electron chi connectivity index (χ0n) is 12.5. The van der Waals surface area contributed by atoms with Gasteiger partial charge in [0.15, 0.2) is 0 Å². The highest BCUT2D eigenvalue weighted by Gasteiger charge is 2.14. The Morgan fingerprint density at radius 3 is 3.05 bits per heavy atom. The lowest BCUT2D eigenvalue weighted by molar-refractivity contribution is 0.0141. The van der Waals surface area contributed by atoms with Crippen molar-refractivity contribution in [3.63, 3.8) is 0 Å². The summed E-state index contributed by atoms with van der Waals surface area (Å²) in [4.78, 5) is 0. The number of halogens is 1. The lowest BCUT2D eigenvalue weighted by Crippen LogP contribution is -2.37. The minimum Gasteiger partial charge on any atom is -0.491 e. The molecule has 2 N–H and O–H groups in total. The van der Waals surface area contributed by atoms with Gasteiger partial charge in [-0.05, 0) is 49.9 Å². The predicted molar refractivity (Wildman–Crippen MR) is 84.2 cm³/mol. The number of aryl methyl sites for hydroxylation is 1. The number of aliphatic hydroxyl groups excluding tert-OH is 1. The highest BCUT2D eigenvalue weighted by Crippen LogP contribution is 2.21. The lowest BCUT2D eigenvalue weighted by atomic mass is 10.1. The molecule has 118 valence electrons. The summed E-state index contributed by atoms with van der Waals surface area (Å²) >= 11 is 5.96. The van der Waals surface area contributed by atoms with Crippen molar-refractivity contribution in [1.82, 2.24) is 5.32 Å². The van der Waals surface area contributed by atoms with Crippen LogP contribution in [0, 0.1) is 6.92 Å². The molecule has 1 fully saturated rings. The van der Waals surface area contributed by atoms with Gasteiger partial charge < -0.3 is 19.9 Å². The van der Waals surface area contributed by atoms with Gasteiger partial charge in [0.25, 0.3) is 0 Å². The standard InChI is InChI=1S/C16H24ClNO3/c1-12-8-14(5-6-16(12)17)21-11-13(19)9-18-10-15-4-2-3-7-20-15/h5-6,8,13,15,18-19H,2-4,7,9-11H2,1H3. The monoisotopic (exact) mass is 313 g/mol. The van der Waals surface area contributed by atoms with Crippen LogP contribution < -0.4 is 10.1 Å². The molecule has 5 heteroatoms. The minimum atomic E-state index is -0.537. The molecule has 1 saturated heterocycles. The first-order chi connectivity index (χ1) is 10.1. The molecule has 1 aromatic rings. The van der Waals surface area contributed by atoms with E-state index >= 15 is 0 Å². The van der Waals surface area contributed by atoms with E-state index in [4.69, 9.17) is 21.1 Å². The average Bonchev–Trinajstić information content (AvgIpc) is 2.49. The van der Waals surface area contributed by atoms with E-state index in [0.29, 0.717) is 6.54 Å². The molecule has 1 heterocycles. The lowest BCUT2D eigenvalue weighted by Gasteiger charge is -2.23. The maximum absolute atomic E-state index is 9.91. The van der Waals surface area contributed by atoms with Crippen LogP contribution in [0.25, 0.3) is 0 Å². The summed E-state index contributed by atoms with van der Waals surface area (Å²) in [6, 6.07) is 5.49. The molecule has 0 bridgehead atoms. The van der Waals surface area contributed by atoms with E-state index in [1.807, 2.05) is 19.1 Å². The predicted octanol–water partition coefficient (Wildman–Crippen LogP) is 2.55. The van der Waals surface area contributed by atoms with Crippen molar-refractivity contribution in [2.24, 2.45) is 0 Å². The van der Waals surface area contributed by atoms with Gasteiger partial charge in [0, 0.05) is 24.7 Å². The number of ether oxygens (including phenoxy) is 2. The number of aliphatic hydroxyl groups is 1. The van der Waals surface area contributed by atoms with Crippen molar-refractivity contribution >= 4 is 11.6 Å². The molecule has 1 aliphatic heterocycles. The Morgan fingerprint density at radius 1 is 1.48 bits per heavy atom. The second kappa shape index (κ2) is 8.59. The molecule has 4 nitrogen and oxygen atoms in total. The fourth-order valence-electron chi connectivity index (χ4n) is 2.34. The van der Waals surface area contributed by atoms with Crippen molar-refractivity contribution in [3.05, 3.63) is 28.8 Å². The maximum atomic E-state index is 9.91. The average molecular weight is 314 g/mol. The van der Waals surface area contributed by atoms with Crippen LogP contribution in [0.5, 0.6) is 5.75 Å². The second-order valence-corrected chi connectivity index (χ2v) is 5.93. The molecule has 2 rings (SSSR count). The molecule has 0 spiro atoms. The summed E-state index contributed by atoms with van der Waals surface area (Å²) in [5.41, 5.74) is 0.969. The van der Waals surface area contributed by atoms with Crippen molar-refractivity contribution in [2.75, 3.05) is 26.3 Å². The molecule has 21 heavy (non-hydrogen) atoms. The third-order valence-electron chi connectivity index (χ3n) is 3.60. The Balaban J connectivity index is 1.62. The molecule has 2 unspecified atom stereocenters. The van der Waals surface area contributed by atoms with Gasteiger partial charge in [-0.1, -0.05) is 11.6 Å². The Morgan fingerprint density at radius 2 is 2.33 bits per heavy atom. The van der Waals surface area contributed by atoms with Crippen LogP contribution in [-0.2, 0) is 4.74 Å². The molecule has 0 aliphatic carbocycles. The second-order valence-electron chi connectivity index (χ2n) is 5.52. The van der Waals surface area contributed by atoms with E-state index in [0.717, 1.165) is 42.3 Å². The summed E-state index contributed by atoms with van der Waals surface area (Å²) in [5, 5.41) is 13.9. The first kappa shape index (κ1) is 16.6. The van der Waals surface area contributed by atoms with Crippen molar-refractivity contribution < 1.29 is 14.6 Å². The van der Waals surface area contributed by atoms with Gasteiger partial charge in [-0.3, -0.25) is 0 Å². The summed E-state index contributed by atoms with van der Waals surface area (Å²) in [6.45, 7) is 4.34. The fraction of sp³-hybridized carbons (Fsp3) is 0.625. The van der Waals surface area contributed by atoms with E-state index < -0.39 is 6.10 Å². The third-order valence-corrected chi connectivity index (χ3v) is 4.02. The van der Waals surface area contributed by atoms with Crippen molar-refractivity contribution in [1.29, 1.82) is 0 Å². The van der Waals surface area contributed by atoms with Crippen LogP contribution in [-0.4, -0.2) is 43.6 Å². The zero-order chi connectivity index (χ0) is 15.1. The van der Waals surface area contributed by atoms with E-state index in [-0.39, 0.29) is 12.7 Å². The molecule has 1 aliphatic rings. The van der Waals surface area contributed by atoms with E-state index in [2.05, 4.69) is 5.32 Å². The van der Waals surface area contributed by atoms with Crippen LogP contribution in [0.1, 0.15) is 24.8 Å². The zero-order valence-corrected chi connectivity index (χ0v) is 13.2. The Kier molecular flexibility index (Phi) is 6.77. The van der Waals surface area contributed by atoms with E-state index in [9.17, 15) is 5.11 Å². The fourth-order valence-corrected chi connectivity index (χ4v) is 2.46. The number of benzene rings is 1. The van der Waals surface area contributed by atoms with Crippen LogP contribution in [0.15, 0.2) is 18.2 Å². The topological polar surface area (TPSA) is 50.7 Å². The van der Waals surface area contributed by atoms with E-state index in [1.54, 1.807) is 6.07 Å². The van der Waals surface area contributed by atoms with Gasteiger partial charge in [0.05, 0.1) is 6.10 Å². The van der Waals surface area contributed by atoms with Gasteiger partial charge in [0.2, 0.25) is 0 Å². The summed E-state index contributed by atoms with van der Waals surface area (Å²) in [6.07, 6.45) is 3.24. The van der Waals surface area contributed by atoms with Crippen molar-refractivity contribution in [3.8, 4) is 5.75 Å². The van der Waals surface area contributed by atoms with Crippen LogP contribution >= 0.6 is 11.6 Å². The third kappa shape index (κ3) is 5.83. The van der Waals surface area contributed by atoms with Crippen LogP contribution in [0.4, 0.5) is 0 Å². The number of nitrogens with one attached hydrogen (secondary N) is 1. The molecular formula is C16H24ClNO3. The highest BCUT2D eigenvalue weighted by molar-refractivity contribution is 6.31. The molecule has 0 aromatic heterocycles. The maximum Gasteiger partial charge on any atom is 0.119 e. The SMILES string of the molecule is Cc1cc(OCC(O)CNCC2CCCCO2)ccc1Cl. The summed E-state index contributed by atoms with van der Waals surface area (Å²) < 4.78 is 11.2. The first-order valence-electron chi connectivity index (χ1n) is 7.54. The summed E-state index contributed by atoms with van der Waals surface area (Å²) in [7, 11) is 0. The Bertz CT molecular complexity index is 436. The summed E-state index contributed by atoms with van der Waals surface area (Å²) in [5.74, 6) is 0.728. The number of hydrogen-bond donors (Lipinski definition) is 2. The Labute approximate surface area is 131 Å². The van der Waals surface area contributed by atoms with Gasteiger partial charge in [-0.15, -0.1) is 0 Å². The van der Waals surface area contributed by atoms with E-state index in [1.165, 1.54) is 6.42 Å². The molecule has 0 amide bonds.